The fourth-order valence-corrected chi connectivity index (χ4v) is 2.36. The number of carboxylic acids is 1. The molecule has 0 saturated carbocycles. The smallest absolute Gasteiger partial charge is 0.335 e. The first kappa shape index (κ1) is 11.6. The van der Waals surface area contributed by atoms with Gasteiger partial charge < -0.3 is 10.0 Å². The number of rotatable bonds is 1. The number of hydrogen-bond donors (Lipinski definition) is 1. The molecule has 1 N–H and O–H groups in total. The molecule has 1 atom stereocenters. The minimum absolute atomic E-state index is 0.00141. The van der Waals surface area contributed by atoms with Crippen molar-refractivity contribution < 1.29 is 14.7 Å². The number of carboxylic acid groups (broad SMARTS) is 1. The van der Waals surface area contributed by atoms with Crippen molar-refractivity contribution in [2.24, 2.45) is 0 Å². The molecule has 17 heavy (non-hydrogen) atoms. The number of fused-ring (bicyclic) bond motifs is 1. The van der Waals surface area contributed by atoms with Gasteiger partial charge in [0.1, 0.15) is 0 Å². The summed E-state index contributed by atoms with van der Waals surface area (Å²) in [6, 6.07) is 5.13. The first-order valence-electron chi connectivity index (χ1n) is 5.66. The number of benzene rings is 1. The predicted octanol–water partition coefficient (Wildman–Crippen LogP) is 2.07. The lowest BCUT2D eigenvalue weighted by molar-refractivity contribution is -0.117. The van der Waals surface area contributed by atoms with Gasteiger partial charge in [0.05, 0.1) is 5.56 Å². The van der Waals surface area contributed by atoms with Crippen LogP contribution in [0.25, 0.3) is 0 Å². The first-order valence-corrected chi connectivity index (χ1v) is 5.66. The number of aromatic carboxylic acids is 1. The van der Waals surface area contributed by atoms with Crippen molar-refractivity contribution >= 4 is 17.6 Å². The van der Waals surface area contributed by atoms with E-state index in [0.717, 1.165) is 24.1 Å². The van der Waals surface area contributed by atoms with E-state index in [2.05, 4.69) is 0 Å². The highest BCUT2D eigenvalue weighted by atomic mass is 16.4. The second kappa shape index (κ2) is 4.20. The van der Waals surface area contributed by atoms with Gasteiger partial charge in [0.25, 0.3) is 0 Å². The Hall–Kier alpha value is -1.84. The Balaban J connectivity index is 2.48. The maximum atomic E-state index is 11.6. The molecule has 0 aromatic heterocycles. The summed E-state index contributed by atoms with van der Waals surface area (Å²) in [7, 11) is 0. The molecule has 4 nitrogen and oxygen atoms in total. The van der Waals surface area contributed by atoms with Crippen LogP contribution in [0.1, 0.15) is 36.2 Å². The van der Waals surface area contributed by atoms with Crippen molar-refractivity contribution in [1.82, 2.24) is 0 Å². The zero-order chi connectivity index (χ0) is 12.6. The summed E-state index contributed by atoms with van der Waals surface area (Å²) in [6.07, 6.45) is 1.69. The van der Waals surface area contributed by atoms with Crippen LogP contribution in [0.15, 0.2) is 18.2 Å². The fourth-order valence-electron chi connectivity index (χ4n) is 2.36. The van der Waals surface area contributed by atoms with Crippen LogP contribution in [0.5, 0.6) is 0 Å². The van der Waals surface area contributed by atoms with Crippen LogP contribution < -0.4 is 4.90 Å². The average molecular weight is 233 g/mol. The summed E-state index contributed by atoms with van der Waals surface area (Å²) in [5.74, 6) is -0.928. The molecule has 0 fully saturated rings. The van der Waals surface area contributed by atoms with Gasteiger partial charge in [-0.05, 0) is 43.5 Å². The van der Waals surface area contributed by atoms with Crippen LogP contribution in [-0.2, 0) is 11.2 Å². The van der Waals surface area contributed by atoms with Crippen LogP contribution in [0, 0.1) is 0 Å². The van der Waals surface area contributed by atoms with E-state index in [0.29, 0.717) is 0 Å². The van der Waals surface area contributed by atoms with Crippen molar-refractivity contribution in [2.75, 3.05) is 4.90 Å². The van der Waals surface area contributed by atoms with E-state index >= 15 is 0 Å². The molecular formula is C13H15NO3. The second-order valence-electron chi connectivity index (χ2n) is 4.43. The summed E-state index contributed by atoms with van der Waals surface area (Å²) in [6.45, 7) is 3.55. The van der Waals surface area contributed by atoms with Gasteiger partial charge in [0.15, 0.2) is 0 Å². The minimum Gasteiger partial charge on any atom is -0.478 e. The standard InChI is InChI=1S/C13H15NO3/c1-8-3-4-10-7-11(13(16)17)5-6-12(10)14(8)9(2)15/h5-8H,3-4H2,1-2H3,(H,16,17). The summed E-state index contributed by atoms with van der Waals surface area (Å²) < 4.78 is 0. The quantitative estimate of drug-likeness (QED) is 0.807. The molecule has 1 amide bonds. The van der Waals surface area contributed by atoms with E-state index in [4.69, 9.17) is 5.11 Å². The zero-order valence-corrected chi connectivity index (χ0v) is 9.93. The van der Waals surface area contributed by atoms with Gasteiger partial charge in [-0.3, -0.25) is 4.79 Å². The Labute approximate surface area is 99.9 Å². The highest BCUT2D eigenvalue weighted by molar-refractivity contribution is 5.95. The molecule has 0 spiro atoms. The van der Waals surface area contributed by atoms with Gasteiger partial charge in [-0.25, -0.2) is 4.79 Å². The van der Waals surface area contributed by atoms with E-state index in [9.17, 15) is 9.59 Å². The van der Waals surface area contributed by atoms with Crippen molar-refractivity contribution in [2.45, 2.75) is 32.7 Å². The van der Waals surface area contributed by atoms with Gasteiger partial charge in [-0.1, -0.05) is 0 Å². The molecule has 1 aliphatic heterocycles. The minimum atomic E-state index is -0.930. The maximum Gasteiger partial charge on any atom is 0.335 e. The van der Waals surface area contributed by atoms with Crippen LogP contribution in [0.4, 0.5) is 5.69 Å². The topological polar surface area (TPSA) is 57.6 Å². The third-order valence-corrected chi connectivity index (χ3v) is 3.20. The van der Waals surface area contributed by atoms with Gasteiger partial charge in [-0.15, -0.1) is 0 Å². The molecule has 0 radical (unpaired) electrons. The van der Waals surface area contributed by atoms with E-state index in [1.807, 2.05) is 6.92 Å². The normalized spacial score (nSPS) is 18.7. The lowest BCUT2D eigenvalue weighted by Crippen LogP contribution is -2.40. The molecule has 1 heterocycles. The number of hydrogen-bond acceptors (Lipinski definition) is 2. The Morgan fingerprint density at radius 2 is 2.12 bits per heavy atom. The lowest BCUT2D eigenvalue weighted by Gasteiger charge is -2.34. The lowest BCUT2D eigenvalue weighted by atomic mass is 9.95. The Bertz CT molecular complexity index is 482. The van der Waals surface area contributed by atoms with Crippen LogP contribution in [0.3, 0.4) is 0 Å². The first-order chi connectivity index (χ1) is 8.00. The monoisotopic (exact) mass is 233 g/mol. The molecule has 1 unspecified atom stereocenters. The van der Waals surface area contributed by atoms with Gasteiger partial charge in [0, 0.05) is 18.7 Å². The second-order valence-corrected chi connectivity index (χ2v) is 4.43. The summed E-state index contributed by atoms with van der Waals surface area (Å²) in [4.78, 5) is 24.2. The van der Waals surface area contributed by atoms with E-state index in [1.54, 1.807) is 23.1 Å². The molecule has 1 aromatic rings. The maximum absolute atomic E-state index is 11.6. The SMILES string of the molecule is CC(=O)N1c2ccc(C(=O)O)cc2CCC1C. The highest BCUT2D eigenvalue weighted by Gasteiger charge is 2.26. The number of amides is 1. The Kier molecular flexibility index (Phi) is 2.88. The summed E-state index contributed by atoms with van der Waals surface area (Å²) >= 11 is 0. The van der Waals surface area contributed by atoms with E-state index in [1.165, 1.54) is 6.92 Å². The molecule has 1 aromatic carbocycles. The number of carbonyl (C=O) groups excluding carboxylic acids is 1. The molecule has 1 aliphatic rings. The number of carbonyl (C=O) groups is 2. The van der Waals surface area contributed by atoms with Crippen molar-refractivity contribution in [3.63, 3.8) is 0 Å². The van der Waals surface area contributed by atoms with E-state index < -0.39 is 5.97 Å². The number of nitrogens with zero attached hydrogens (tertiary/aromatic N) is 1. The molecule has 0 bridgehead atoms. The molecule has 90 valence electrons. The average Bonchev–Trinajstić information content (AvgIpc) is 2.27. The van der Waals surface area contributed by atoms with Crippen molar-refractivity contribution in [1.29, 1.82) is 0 Å². The van der Waals surface area contributed by atoms with Crippen LogP contribution in [0.2, 0.25) is 0 Å². The Morgan fingerprint density at radius 3 is 2.71 bits per heavy atom. The number of aryl methyl sites for hydroxylation is 1. The highest BCUT2D eigenvalue weighted by Crippen LogP contribution is 2.31. The third kappa shape index (κ3) is 2.02. The zero-order valence-electron chi connectivity index (χ0n) is 9.93. The number of anilines is 1. The van der Waals surface area contributed by atoms with Gasteiger partial charge in [0.2, 0.25) is 5.91 Å². The van der Waals surface area contributed by atoms with Gasteiger partial charge >= 0.3 is 5.97 Å². The summed E-state index contributed by atoms with van der Waals surface area (Å²) in [5, 5.41) is 8.93. The third-order valence-electron chi connectivity index (χ3n) is 3.20. The van der Waals surface area contributed by atoms with Crippen LogP contribution in [-0.4, -0.2) is 23.0 Å². The van der Waals surface area contributed by atoms with E-state index in [-0.39, 0.29) is 17.5 Å². The summed E-state index contributed by atoms with van der Waals surface area (Å²) in [5.41, 5.74) is 2.07. The van der Waals surface area contributed by atoms with Crippen molar-refractivity contribution in [3.05, 3.63) is 29.3 Å². The molecule has 0 aliphatic carbocycles. The molecular weight excluding hydrogens is 218 g/mol. The van der Waals surface area contributed by atoms with Crippen molar-refractivity contribution in [3.8, 4) is 0 Å². The van der Waals surface area contributed by atoms with Gasteiger partial charge in [-0.2, -0.15) is 0 Å². The fraction of sp³-hybridized carbons (Fsp3) is 0.385. The molecule has 0 saturated heterocycles. The molecule has 4 heteroatoms. The van der Waals surface area contributed by atoms with Crippen LogP contribution >= 0.6 is 0 Å². The molecule has 2 rings (SSSR count). The Morgan fingerprint density at radius 1 is 1.41 bits per heavy atom. The predicted molar refractivity (Wildman–Crippen MR) is 64.3 cm³/mol. The largest absolute Gasteiger partial charge is 0.478 e.